The molecule has 29 heavy (non-hydrogen) atoms. The van der Waals surface area contributed by atoms with Crippen LogP contribution in [-0.2, 0) is 11.3 Å². The number of ether oxygens (including phenoxy) is 1. The van der Waals surface area contributed by atoms with Gasteiger partial charge in [0.05, 0.1) is 12.6 Å². The van der Waals surface area contributed by atoms with E-state index in [0.29, 0.717) is 6.54 Å². The van der Waals surface area contributed by atoms with E-state index in [4.69, 9.17) is 0 Å². The Morgan fingerprint density at radius 3 is 2.24 bits per heavy atom. The molecule has 9 heteroatoms. The van der Waals surface area contributed by atoms with Crippen molar-refractivity contribution < 1.29 is 22.7 Å². The van der Waals surface area contributed by atoms with E-state index in [1.807, 2.05) is 0 Å². The number of nitriles is 1. The lowest BCUT2D eigenvalue weighted by atomic mass is 10.00. The number of alkyl halides is 3. The van der Waals surface area contributed by atoms with Crippen LogP contribution in [0.15, 0.2) is 24.3 Å². The molecule has 2 aliphatic rings. The molecule has 0 bridgehead atoms. The molecule has 1 amide bonds. The fraction of sp³-hybridized carbons (Fsp3) is 0.600. The number of nitrogens with one attached hydrogen (secondary N) is 1. The van der Waals surface area contributed by atoms with Crippen molar-refractivity contribution in [1.82, 2.24) is 15.1 Å². The number of piperazine rings is 1. The normalized spacial score (nSPS) is 20.2. The Hall–Kier alpha value is -2.31. The number of rotatable bonds is 6. The highest BCUT2D eigenvalue weighted by atomic mass is 19.4. The lowest BCUT2D eigenvalue weighted by Crippen LogP contribution is -2.52. The van der Waals surface area contributed by atoms with Crippen molar-refractivity contribution in [3.8, 4) is 11.8 Å². The maximum atomic E-state index is 12.3. The standard InChI is InChI=1S/C20H25F3N4O2/c21-20(22,23)29-17-5-3-16(4-6-17)13-26-9-11-27(12-10-26)14-18(28)25-19(15-24)7-1-2-8-19/h3-6H,1-2,7-14H2,(H,25,28). The smallest absolute Gasteiger partial charge is 0.406 e. The molecule has 1 saturated heterocycles. The number of hydrogen-bond acceptors (Lipinski definition) is 5. The minimum absolute atomic E-state index is 0.109. The highest BCUT2D eigenvalue weighted by Gasteiger charge is 2.35. The largest absolute Gasteiger partial charge is 0.573 e. The second kappa shape index (κ2) is 9.01. The molecule has 1 aromatic carbocycles. The summed E-state index contributed by atoms with van der Waals surface area (Å²) in [6.45, 7) is 3.88. The molecule has 0 radical (unpaired) electrons. The third-order valence-electron chi connectivity index (χ3n) is 5.45. The van der Waals surface area contributed by atoms with E-state index in [-0.39, 0.29) is 18.2 Å². The molecular formula is C20H25F3N4O2. The van der Waals surface area contributed by atoms with Gasteiger partial charge in [0.1, 0.15) is 11.3 Å². The van der Waals surface area contributed by atoms with Gasteiger partial charge in [0, 0.05) is 32.7 Å². The van der Waals surface area contributed by atoms with E-state index in [1.54, 1.807) is 12.1 Å². The van der Waals surface area contributed by atoms with Crippen molar-refractivity contribution in [1.29, 1.82) is 5.26 Å². The quantitative estimate of drug-likeness (QED) is 0.781. The van der Waals surface area contributed by atoms with E-state index in [9.17, 15) is 23.2 Å². The Morgan fingerprint density at radius 2 is 1.69 bits per heavy atom. The summed E-state index contributed by atoms with van der Waals surface area (Å²) >= 11 is 0. The minimum Gasteiger partial charge on any atom is -0.406 e. The third kappa shape index (κ3) is 6.34. The number of hydrogen-bond donors (Lipinski definition) is 1. The number of carbonyl (C=O) groups is 1. The zero-order valence-corrected chi connectivity index (χ0v) is 16.2. The summed E-state index contributed by atoms with van der Waals surface area (Å²) in [6.07, 6.45) is -1.31. The van der Waals surface area contributed by atoms with Crippen molar-refractivity contribution in [3.05, 3.63) is 29.8 Å². The van der Waals surface area contributed by atoms with Crippen molar-refractivity contribution >= 4 is 5.91 Å². The predicted molar refractivity (Wildman–Crippen MR) is 99.8 cm³/mol. The van der Waals surface area contributed by atoms with Crippen LogP contribution in [0.4, 0.5) is 13.2 Å². The Kier molecular flexibility index (Phi) is 6.65. The average molecular weight is 410 g/mol. The van der Waals surface area contributed by atoms with Gasteiger partial charge in [0.25, 0.3) is 0 Å². The number of carbonyl (C=O) groups excluding carboxylic acids is 1. The van der Waals surface area contributed by atoms with E-state index in [1.165, 1.54) is 12.1 Å². The van der Waals surface area contributed by atoms with E-state index in [0.717, 1.165) is 57.4 Å². The van der Waals surface area contributed by atoms with E-state index in [2.05, 4.69) is 25.9 Å². The van der Waals surface area contributed by atoms with Crippen molar-refractivity contribution in [2.45, 2.75) is 44.1 Å². The van der Waals surface area contributed by atoms with Crippen LogP contribution in [-0.4, -0.2) is 60.3 Å². The molecule has 1 aliphatic heterocycles. The van der Waals surface area contributed by atoms with Crippen molar-refractivity contribution in [2.24, 2.45) is 0 Å². The molecule has 1 saturated carbocycles. The predicted octanol–water partition coefficient (Wildman–Crippen LogP) is 2.66. The zero-order chi connectivity index (χ0) is 20.9. The van der Waals surface area contributed by atoms with Gasteiger partial charge in [-0.2, -0.15) is 5.26 Å². The van der Waals surface area contributed by atoms with Gasteiger partial charge in [-0.1, -0.05) is 12.1 Å². The highest BCUT2D eigenvalue weighted by molar-refractivity contribution is 5.79. The Morgan fingerprint density at radius 1 is 1.10 bits per heavy atom. The summed E-state index contributed by atoms with van der Waals surface area (Å²) in [7, 11) is 0. The molecular weight excluding hydrogens is 385 g/mol. The summed E-state index contributed by atoms with van der Waals surface area (Å²) < 4.78 is 40.5. The van der Waals surface area contributed by atoms with Gasteiger partial charge < -0.3 is 10.1 Å². The first-order valence-electron chi connectivity index (χ1n) is 9.79. The maximum absolute atomic E-state index is 12.3. The molecule has 1 N–H and O–H groups in total. The van der Waals surface area contributed by atoms with E-state index < -0.39 is 11.9 Å². The molecule has 1 aromatic rings. The second-order valence-electron chi connectivity index (χ2n) is 7.69. The van der Waals surface area contributed by atoms with Crippen LogP contribution in [0, 0.1) is 11.3 Å². The minimum atomic E-state index is -4.69. The topological polar surface area (TPSA) is 68.6 Å². The third-order valence-corrected chi connectivity index (χ3v) is 5.45. The van der Waals surface area contributed by atoms with Crippen LogP contribution >= 0.6 is 0 Å². The number of halogens is 3. The van der Waals surface area contributed by atoms with Crippen molar-refractivity contribution in [3.63, 3.8) is 0 Å². The second-order valence-corrected chi connectivity index (χ2v) is 7.69. The van der Waals surface area contributed by atoms with E-state index >= 15 is 0 Å². The van der Waals surface area contributed by atoms with Crippen LogP contribution in [0.5, 0.6) is 5.75 Å². The molecule has 158 valence electrons. The average Bonchev–Trinajstić information content (AvgIpc) is 3.12. The first-order valence-corrected chi connectivity index (χ1v) is 9.79. The highest BCUT2D eigenvalue weighted by Crippen LogP contribution is 2.28. The molecule has 0 unspecified atom stereocenters. The lowest BCUT2D eigenvalue weighted by molar-refractivity contribution is -0.274. The summed E-state index contributed by atoms with van der Waals surface area (Å²) in [6, 6.07) is 8.16. The van der Waals surface area contributed by atoms with Crippen molar-refractivity contribution in [2.75, 3.05) is 32.7 Å². The molecule has 0 spiro atoms. The van der Waals surface area contributed by atoms with Gasteiger partial charge in [-0.25, -0.2) is 0 Å². The van der Waals surface area contributed by atoms with Crippen LogP contribution in [0.3, 0.4) is 0 Å². The Balaban J connectivity index is 1.41. The van der Waals surface area contributed by atoms with Crippen LogP contribution in [0.25, 0.3) is 0 Å². The fourth-order valence-electron chi connectivity index (χ4n) is 3.91. The van der Waals surface area contributed by atoms with Gasteiger partial charge in [-0.3, -0.25) is 14.6 Å². The monoisotopic (exact) mass is 410 g/mol. The van der Waals surface area contributed by atoms with Crippen LogP contribution in [0.1, 0.15) is 31.2 Å². The Bertz CT molecular complexity index is 732. The molecule has 1 heterocycles. The molecule has 6 nitrogen and oxygen atoms in total. The van der Waals surface area contributed by atoms with Crippen LogP contribution < -0.4 is 10.1 Å². The summed E-state index contributed by atoms with van der Waals surface area (Å²) in [5, 5.41) is 12.3. The summed E-state index contributed by atoms with van der Waals surface area (Å²) in [5.41, 5.74) is 0.212. The van der Waals surface area contributed by atoms with Crippen LogP contribution in [0.2, 0.25) is 0 Å². The number of amides is 1. The number of nitrogens with zero attached hydrogens (tertiary/aromatic N) is 3. The van der Waals surface area contributed by atoms with Gasteiger partial charge in [0.15, 0.2) is 0 Å². The lowest BCUT2D eigenvalue weighted by Gasteiger charge is -2.35. The van der Waals surface area contributed by atoms with Gasteiger partial charge >= 0.3 is 6.36 Å². The zero-order valence-electron chi connectivity index (χ0n) is 16.2. The molecule has 0 atom stereocenters. The SMILES string of the molecule is N#CC1(NC(=O)CN2CCN(Cc3ccc(OC(F)(F)F)cc3)CC2)CCCC1. The van der Waals surface area contributed by atoms with Gasteiger partial charge in [-0.15, -0.1) is 13.2 Å². The molecule has 0 aromatic heterocycles. The number of benzene rings is 1. The summed E-state index contributed by atoms with van der Waals surface area (Å²) in [4.78, 5) is 16.6. The first kappa shape index (κ1) is 21.4. The first-order chi connectivity index (χ1) is 13.8. The Labute approximate surface area is 168 Å². The molecule has 1 aliphatic carbocycles. The fourth-order valence-corrected chi connectivity index (χ4v) is 3.91. The van der Waals surface area contributed by atoms with Gasteiger partial charge in [-0.05, 0) is 43.4 Å². The molecule has 3 rings (SSSR count). The molecule has 2 fully saturated rings. The summed E-state index contributed by atoms with van der Waals surface area (Å²) in [5.74, 6) is -0.336. The van der Waals surface area contributed by atoms with Gasteiger partial charge in [0.2, 0.25) is 5.91 Å². The maximum Gasteiger partial charge on any atom is 0.573 e.